The lowest BCUT2D eigenvalue weighted by molar-refractivity contribution is 0.0563. The maximum atomic E-state index is 12.2. The summed E-state index contributed by atoms with van der Waals surface area (Å²) >= 11 is 6.05. The quantitative estimate of drug-likeness (QED) is 0.753. The van der Waals surface area contributed by atoms with Gasteiger partial charge in [0.05, 0.1) is 12.8 Å². The molecule has 1 aromatic carbocycles. The maximum absolute atomic E-state index is 12.2. The van der Waals surface area contributed by atoms with Gasteiger partial charge < -0.3 is 19.8 Å². The number of ether oxygens (including phenoxy) is 1. The number of hydrogen-bond donors (Lipinski definition) is 2. The number of halogens is 1. The lowest BCUT2D eigenvalue weighted by atomic mass is 9.93. The Hall–Kier alpha value is -2.47. The van der Waals surface area contributed by atoms with E-state index in [4.69, 9.17) is 20.8 Å². The third-order valence-electron chi connectivity index (χ3n) is 3.52. The first-order valence-corrected chi connectivity index (χ1v) is 8.06. The van der Waals surface area contributed by atoms with E-state index in [1.165, 1.54) is 7.11 Å². The molecule has 0 saturated heterocycles. The van der Waals surface area contributed by atoms with Crippen LogP contribution in [-0.2, 0) is 10.2 Å². The van der Waals surface area contributed by atoms with E-state index in [1.54, 1.807) is 24.3 Å². The molecule has 0 saturated carbocycles. The van der Waals surface area contributed by atoms with E-state index in [1.807, 2.05) is 27.7 Å². The molecule has 2 amide bonds. The second-order valence-electron chi connectivity index (χ2n) is 6.64. The molecule has 0 radical (unpaired) electrons. The second-order valence-corrected chi connectivity index (χ2v) is 7.05. The molecule has 0 bridgehead atoms. The fourth-order valence-corrected chi connectivity index (χ4v) is 2.23. The standard InChI is InChI=1S/C18H21ClN2O4/c1-10-6-7-11(8-12(10)19)20-17(23)21-13-9-14(18(2,3)4)25-15(13)16(22)24-5/h6-9H,1-5H3,(H2,20,21,23). The van der Waals surface area contributed by atoms with Crippen molar-refractivity contribution < 1.29 is 18.7 Å². The lowest BCUT2D eigenvalue weighted by Gasteiger charge is -2.13. The van der Waals surface area contributed by atoms with Crippen LogP contribution in [0.5, 0.6) is 0 Å². The molecule has 0 aliphatic carbocycles. The van der Waals surface area contributed by atoms with E-state index in [0.717, 1.165) is 5.56 Å². The summed E-state index contributed by atoms with van der Waals surface area (Å²) in [5.41, 5.74) is 1.36. The Morgan fingerprint density at radius 2 is 1.84 bits per heavy atom. The topological polar surface area (TPSA) is 80.6 Å². The fraction of sp³-hybridized carbons (Fsp3) is 0.333. The Balaban J connectivity index is 2.22. The highest BCUT2D eigenvalue weighted by molar-refractivity contribution is 6.31. The highest BCUT2D eigenvalue weighted by Gasteiger charge is 2.26. The van der Waals surface area contributed by atoms with Gasteiger partial charge >= 0.3 is 12.0 Å². The molecule has 0 spiro atoms. The van der Waals surface area contributed by atoms with Crippen molar-refractivity contribution in [3.05, 3.63) is 46.4 Å². The lowest BCUT2D eigenvalue weighted by Crippen LogP contribution is -2.20. The zero-order chi connectivity index (χ0) is 18.8. The number of urea groups is 1. The zero-order valence-electron chi connectivity index (χ0n) is 14.8. The molecular formula is C18H21ClN2O4. The molecule has 0 fully saturated rings. The van der Waals surface area contributed by atoms with Crippen LogP contribution in [0.2, 0.25) is 5.02 Å². The molecule has 0 unspecified atom stereocenters. The number of aryl methyl sites for hydroxylation is 1. The molecule has 1 heterocycles. The maximum Gasteiger partial charge on any atom is 0.376 e. The number of carbonyl (C=O) groups excluding carboxylic acids is 2. The molecular weight excluding hydrogens is 344 g/mol. The van der Waals surface area contributed by atoms with Crippen LogP contribution in [0.3, 0.4) is 0 Å². The smallest absolute Gasteiger partial charge is 0.376 e. The highest BCUT2D eigenvalue weighted by atomic mass is 35.5. The van der Waals surface area contributed by atoms with Crippen LogP contribution in [0.15, 0.2) is 28.7 Å². The van der Waals surface area contributed by atoms with Gasteiger partial charge in [-0.15, -0.1) is 0 Å². The number of furan rings is 1. The van der Waals surface area contributed by atoms with Crippen LogP contribution < -0.4 is 10.6 Å². The number of nitrogens with one attached hydrogen (secondary N) is 2. The Morgan fingerprint density at radius 1 is 1.16 bits per heavy atom. The molecule has 25 heavy (non-hydrogen) atoms. The van der Waals surface area contributed by atoms with Gasteiger partial charge in [-0.1, -0.05) is 38.4 Å². The van der Waals surface area contributed by atoms with E-state index in [0.29, 0.717) is 16.5 Å². The molecule has 2 rings (SSSR count). The largest absolute Gasteiger partial charge is 0.463 e. The third-order valence-corrected chi connectivity index (χ3v) is 3.93. The van der Waals surface area contributed by atoms with Gasteiger partial charge in [-0.3, -0.25) is 0 Å². The summed E-state index contributed by atoms with van der Waals surface area (Å²) in [4.78, 5) is 24.1. The van der Waals surface area contributed by atoms with E-state index >= 15 is 0 Å². The van der Waals surface area contributed by atoms with Crippen molar-refractivity contribution in [3.8, 4) is 0 Å². The molecule has 7 heteroatoms. The molecule has 2 aromatic rings. The molecule has 0 atom stereocenters. The van der Waals surface area contributed by atoms with Crippen molar-refractivity contribution in [2.24, 2.45) is 0 Å². The zero-order valence-corrected chi connectivity index (χ0v) is 15.6. The van der Waals surface area contributed by atoms with Crippen molar-refractivity contribution in [1.82, 2.24) is 0 Å². The second kappa shape index (κ2) is 7.19. The van der Waals surface area contributed by atoms with Crippen molar-refractivity contribution in [3.63, 3.8) is 0 Å². The monoisotopic (exact) mass is 364 g/mol. The van der Waals surface area contributed by atoms with Crippen LogP contribution in [0.4, 0.5) is 16.2 Å². The van der Waals surface area contributed by atoms with Crippen LogP contribution in [-0.4, -0.2) is 19.1 Å². The van der Waals surface area contributed by atoms with Gasteiger partial charge in [-0.05, 0) is 24.6 Å². The van der Waals surface area contributed by atoms with Gasteiger partial charge in [0, 0.05) is 22.2 Å². The summed E-state index contributed by atoms with van der Waals surface area (Å²) in [6.45, 7) is 7.68. The van der Waals surface area contributed by atoms with Crippen LogP contribution >= 0.6 is 11.6 Å². The number of methoxy groups -OCH3 is 1. The summed E-state index contributed by atoms with van der Waals surface area (Å²) in [6, 6.07) is 6.28. The minimum atomic E-state index is -0.663. The number of hydrogen-bond acceptors (Lipinski definition) is 4. The minimum Gasteiger partial charge on any atom is -0.463 e. The average molecular weight is 365 g/mol. The Labute approximate surface area is 151 Å². The summed E-state index contributed by atoms with van der Waals surface area (Å²) in [5.74, 6) is -0.157. The van der Waals surface area contributed by atoms with Gasteiger partial charge in [-0.25, -0.2) is 9.59 Å². The van der Waals surface area contributed by atoms with Crippen LogP contribution in [0.1, 0.15) is 42.6 Å². The van der Waals surface area contributed by atoms with Crippen LogP contribution in [0, 0.1) is 6.92 Å². The number of rotatable bonds is 3. The Kier molecular flexibility index (Phi) is 5.42. The first-order chi connectivity index (χ1) is 11.6. The summed E-state index contributed by atoms with van der Waals surface area (Å²) in [5, 5.41) is 5.82. The number of esters is 1. The number of carbonyl (C=O) groups is 2. The predicted octanol–water partition coefficient (Wildman–Crippen LogP) is 4.97. The van der Waals surface area contributed by atoms with Crippen molar-refractivity contribution in [1.29, 1.82) is 0 Å². The number of anilines is 2. The van der Waals surface area contributed by atoms with Gasteiger partial charge in [0.25, 0.3) is 0 Å². The molecule has 0 aliphatic rings. The van der Waals surface area contributed by atoms with Gasteiger partial charge in [0.2, 0.25) is 5.76 Å². The minimum absolute atomic E-state index is 0.0514. The summed E-state index contributed by atoms with van der Waals surface area (Å²) in [6.07, 6.45) is 0. The first kappa shape index (κ1) is 18.9. The molecule has 6 nitrogen and oxygen atoms in total. The predicted molar refractivity (Wildman–Crippen MR) is 97.6 cm³/mol. The van der Waals surface area contributed by atoms with E-state index in [9.17, 15) is 9.59 Å². The first-order valence-electron chi connectivity index (χ1n) is 7.68. The van der Waals surface area contributed by atoms with Gasteiger partial charge in [0.1, 0.15) is 5.76 Å². The normalized spacial score (nSPS) is 11.1. The highest BCUT2D eigenvalue weighted by Crippen LogP contribution is 2.31. The van der Waals surface area contributed by atoms with Gasteiger partial charge in [0.15, 0.2) is 0 Å². The van der Waals surface area contributed by atoms with Crippen molar-refractivity contribution in [2.75, 3.05) is 17.7 Å². The Morgan fingerprint density at radius 3 is 2.40 bits per heavy atom. The number of benzene rings is 1. The van der Waals surface area contributed by atoms with Gasteiger partial charge in [-0.2, -0.15) is 0 Å². The van der Waals surface area contributed by atoms with E-state index in [2.05, 4.69) is 10.6 Å². The fourth-order valence-electron chi connectivity index (χ4n) is 2.05. The third kappa shape index (κ3) is 4.54. The van der Waals surface area contributed by atoms with E-state index < -0.39 is 12.0 Å². The van der Waals surface area contributed by atoms with E-state index in [-0.39, 0.29) is 16.9 Å². The summed E-state index contributed by atoms with van der Waals surface area (Å²) < 4.78 is 10.3. The molecule has 0 aliphatic heterocycles. The van der Waals surface area contributed by atoms with Crippen LogP contribution in [0.25, 0.3) is 0 Å². The van der Waals surface area contributed by atoms with Crippen molar-refractivity contribution >= 4 is 35.0 Å². The Bertz CT molecular complexity index is 806. The molecule has 2 N–H and O–H groups in total. The molecule has 134 valence electrons. The van der Waals surface area contributed by atoms with Crippen molar-refractivity contribution in [2.45, 2.75) is 33.1 Å². The average Bonchev–Trinajstić information content (AvgIpc) is 2.94. The SMILES string of the molecule is COC(=O)c1oc(C(C)(C)C)cc1NC(=O)Nc1ccc(C)c(Cl)c1. The summed E-state index contributed by atoms with van der Waals surface area (Å²) in [7, 11) is 1.25. The molecule has 1 aromatic heterocycles. The number of amides is 2.